The molecule has 0 amide bonds. The number of aliphatic hydroxyl groups is 1. The van der Waals surface area contributed by atoms with Crippen LogP contribution in [0, 0.1) is 0 Å². The summed E-state index contributed by atoms with van der Waals surface area (Å²) in [5.74, 6) is 0.838. The highest BCUT2D eigenvalue weighted by atomic mass is 79.9. The smallest absolute Gasteiger partial charge is 0.128 e. The summed E-state index contributed by atoms with van der Waals surface area (Å²) in [6.07, 6.45) is 0.229. The Hall–Kier alpha value is -0.840. The number of benzene rings is 2. The second-order valence-corrected chi connectivity index (χ2v) is 6.27. The van der Waals surface area contributed by atoms with Crippen molar-refractivity contribution in [1.29, 1.82) is 0 Å². The molecule has 1 atom stereocenters. The first kappa shape index (κ1) is 13.2. The zero-order valence-corrected chi connectivity index (χ0v) is 13.2. The molecule has 1 unspecified atom stereocenters. The van der Waals surface area contributed by atoms with Crippen LogP contribution in [0.15, 0.2) is 45.3 Å². The number of para-hydroxylation sites is 1. The van der Waals surface area contributed by atoms with Crippen molar-refractivity contribution < 1.29 is 9.84 Å². The summed E-state index contributed by atoms with van der Waals surface area (Å²) in [6.45, 7) is 0.695. The van der Waals surface area contributed by atoms with Gasteiger partial charge in [-0.1, -0.05) is 56.1 Å². The minimum absolute atomic E-state index is 0.685. The molecule has 0 aromatic heterocycles. The number of rotatable bonds is 2. The first-order chi connectivity index (χ1) is 9.16. The van der Waals surface area contributed by atoms with Gasteiger partial charge in [0.15, 0.2) is 0 Å². The molecule has 2 nitrogen and oxygen atoms in total. The third kappa shape index (κ3) is 2.45. The van der Waals surface area contributed by atoms with Crippen LogP contribution in [0.25, 0.3) is 0 Å². The normalized spacial score (nSPS) is 14.9. The van der Waals surface area contributed by atoms with Gasteiger partial charge in [-0.25, -0.2) is 0 Å². The van der Waals surface area contributed by atoms with E-state index in [2.05, 4.69) is 37.9 Å². The van der Waals surface area contributed by atoms with Crippen molar-refractivity contribution in [1.82, 2.24) is 0 Å². The summed E-state index contributed by atoms with van der Waals surface area (Å²) < 4.78 is 7.51. The molecule has 0 saturated heterocycles. The van der Waals surface area contributed by atoms with Gasteiger partial charge in [-0.2, -0.15) is 0 Å². The molecule has 1 heterocycles. The van der Waals surface area contributed by atoms with E-state index in [1.807, 2.05) is 30.3 Å². The fraction of sp³-hybridized carbons (Fsp3) is 0.200. The Morgan fingerprint density at radius 3 is 2.74 bits per heavy atom. The Labute approximate surface area is 128 Å². The van der Waals surface area contributed by atoms with Crippen LogP contribution in [0.5, 0.6) is 5.75 Å². The van der Waals surface area contributed by atoms with Gasteiger partial charge in [-0.15, -0.1) is 0 Å². The minimum Gasteiger partial charge on any atom is -0.493 e. The summed E-state index contributed by atoms with van der Waals surface area (Å²) in [6, 6.07) is 11.7. The van der Waals surface area contributed by atoms with Crippen LogP contribution in [0.4, 0.5) is 0 Å². The molecule has 4 heteroatoms. The molecule has 1 aliphatic heterocycles. The lowest BCUT2D eigenvalue weighted by atomic mass is 9.98. The lowest BCUT2D eigenvalue weighted by Gasteiger charge is -2.16. The van der Waals surface area contributed by atoms with Crippen LogP contribution in [0.3, 0.4) is 0 Å². The molecule has 3 rings (SSSR count). The molecule has 0 radical (unpaired) electrons. The summed E-state index contributed by atoms with van der Waals surface area (Å²) in [5, 5.41) is 10.6. The second kappa shape index (κ2) is 5.27. The topological polar surface area (TPSA) is 29.5 Å². The van der Waals surface area contributed by atoms with E-state index in [0.717, 1.165) is 32.2 Å². The van der Waals surface area contributed by atoms with Gasteiger partial charge in [-0.05, 0) is 23.3 Å². The average Bonchev–Trinajstić information content (AvgIpc) is 2.86. The van der Waals surface area contributed by atoms with Gasteiger partial charge in [0, 0.05) is 20.9 Å². The number of hydrogen-bond donors (Lipinski definition) is 1. The first-order valence-corrected chi connectivity index (χ1v) is 7.63. The van der Waals surface area contributed by atoms with E-state index in [1.165, 1.54) is 5.56 Å². The number of ether oxygens (including phenoxy) is 1. The maximum absolute atomic E-state index is 10.6. The van der Waals surface area contributed by atoms with Crippen molar-refractivity contribution in [3.8, 4) is 5.75 Å². The molecule has 0 saturated carbocycles. The van der Waals surface area contributed by atoms with E-state index in [0.29, 0.717) is 6.61 Å². The van der Waals surface area contributed by atoms with Crippen LogP contribution in [0.1, 0.15) is 22.8 Å². The largest absolute Gasteiger partial charge is 0.493 e. The molecule has 19 heavy (non-hydrogen) atoms. The Bertz CT molecular complexity index is 626. The Morgan fingerprint density at radius 2 is 1.95 bits per heavy atom. The fourth-order valence-corrected chi connectivity index (χ4v) is 3.61. The Balaban J connectivity index is 2.05. The molecule has 1 N–H and O–H groups in total. The van der Waals surface area contributed by atoms with E-state index in [1.54, 1.807) is 0 Å². The van der Waals surface area contributed by atoms with Gasteiger partial charge < -0.3 is 9.84 Å². The van der Waals surface area contributed by atoms with Gasteiger partial charge >= 0.3 is 0 Å². The maximum Gasteiger partial charge on any atom is 0.128 e. The van der Waals surface area contributed by atoms with Gasteiger partial charge in [0.2, 0.25) is 0 Å². The summed E-state index contributed by atoms with van der Waals surface area (Å²) >= 11 is 6.91. The van der Waals surface area contributed by atoms with Gasteiger partial charge in [-0.3, -0.25) is 0 Å². The SMILES string of the molecule is OC(c1ccc(Br)cc1Br)c1cccc2c1OCC2. The number of aliphatic hydroxyl groups excluding tert-OH is 1. The second-order valence-electron chi connectivity index (χ2n) is 4.50. The number of halogens is 2. The van der Waals surface area contributed by atoms with Crippen LogP contribution >= 0.6 is 31.9 Å². The average molecular weight is 384 g/mol. The van der Waals surface area contributed by atoms with Crippen molar-refractivity contribution in [2.24, 2.45) is 0 Å². The van der Waals surface area contributed by atoms with Gasteiger partial charge in [0.1, 0.15) is 11.9 Å². The highest BCUT2D eigenvalue weighted by Gasteiger charge is 2.23. The standard InChI is InChI=1S/C15H12Br2O2/c16-10-4-5-11(13(17)8-10)14(18)12-3-1-2-9-6-7-19-15(9)12/h1-5,8,14,18H,6-7H2. The van der Waals surface area contributed by atoms with Crippen LogP contribution < -0.4 is 4.74 Å². The third-order valence-electron chi connectivity index (χ3n) is 3.30. The highest BCUT2D eigenvalue weighted by molar-refractivity contribution is 9.11. The molecule has 1 aliphatic rings. The van der Waals surface area contributed by atoms with E-state index >= 15 is 0 Å². The molecule has 0 spiro atoms. The number of hydrogen-bond acceptors (Lipinski definition) is 2. The van der Waals surface area contributed by atoms with Crippen molar-refractivity contribution >= 4 is 31.9 Å². The Kier molecular flexibility index (Phi) is 3.65. The molecule has 0 bridgehead atoms. The summed E-state index contributed by atoms with van der Waals surface area (Å²) in [7, 11) is 0. The first-order valence-electron chi connectivity index (χ1n) is 6.04. The lowest BCUT2D eigenvalue weighted by molar-refractivity contribution is 0.213. The Morgan fingerprint density at radius 1 is 1.11 bits per heavy atom. The number of fused-ring (bicyclic) bond motifs is 1. The van der Waals surface area contributed by atoms with E-state index in [9.17, 15) is 5.11 Å². The van der Waals surface area contributed by atoms with Gasteiger partial charge in [0.25, 0.3) is 0 Å². The van der Waals surface area contributed by atoms with Crippen molar-refractivity contribution in [3.05, 3.63) is 62.0 Å². The zero-order valence-electron chi connectivity index (χ0n) is 10.1. The predicted octanol–water partition coefficient (Wildman–Crippen LogP) is 4.23. The van der Waals surface area contributed by atoms with Gasteiger partial charge in [0.05, 0.1) is 6.61 Å². The molecule has 0 fully saturated rings. The minimum atomic E-state index is -0.685. The van der Waals surface area contributed by atoms with Crippen molar-refractivity contribution in [2.75, 3.05) is 6.61 Å². The lowest BCUT2D eigenvalue weighted by Crippen LogP contribution is -2.03. The predicted molar refractivity (Wildman–Crippen MR) is 81.5 cm³/mol. The highest BCUT2D eigenvalue weighted by Crippen LogP contribution is 2.38. The van der Waals surface area contributed by atoms with Crippen molar-refractivity contribution in [3.63, 3.8) is 0 Å². The molecule has 0 aliphatic carbocycles. The van der Waals surface area contributed by atoms with E-state index in [4.69, 9.17) is 4.74 Å². The summed E-state index contributed by atoms with van der Waals surface area (Å²) in [4.78, 5) is 0. The quantitative estimate of drug-likeness (QED) is 0.840. The zero-order chi connectivity index (χ0) is 13.4. The molecule has 2 aromatic carbocycles. The van der Waals surface area contributed by atoms with E-state index < -0.39 is 6.10 Å². The monoisotopic (exact) mass is 382 g/mol. The van der Waals surface area contributed by atoms with Crippen LogP contribution in [0.2, 0.25) is 0 Å². The summed E-state index contributed by atoms with van der Waals surface area (Å²) in [5.41, 5.74) is 2.84. The maximum atomic E-state index is 10.6. The molecule has 2 aromatic rings. The van der Waals surface area contributed by atoms with E-state index in [-0.39, 0.29) is 0 Å². The molecule has 98 valence electrons. The molecular formula is C15H12Br2O2. The van der Waals surface area contributed by atoms with Crippen molar-refractivity contribution in [2.45, 2.75) is 12.5 Å². The van der Waals surface area contributed by atoms with Crippen LogP contribution in [-0.2, 0) is 6.42 Å². The van der Waals surface area contributed by atoms with Crippen LogP contribution in [-0.4, -0.2) is 11.7 Å². The third-order valence-corrected chi connectivity index (χ3v) is 4.48. The fourth-order valence-electron chi connectivity index (χ4n) is 2.35. The molecular weight excluding hydrogens is 372 g/mol.